The topological polar surface area (TPSA) is 39.2 Å². The standard InChI is InChI=1S/C25H12ClNO2S/c26-17-5-3-7-21-24(17)16-11-18-23(12-22(16)29-21)30-25(27-18)13-8-9-20-15(10-13)14-4-1-2-6-19(14)28-20/h1-12H. The minimum Gasteiger partial charge on any atom is -0.456 e. The van der Waals surface area contributed by atoms with Crippen LogP contribution in [-0.4, -0.2) is 4.98 Å². The van der Waals surface area contributed by atoms with Gasteiger partial charge < -0.3 is 8.83 Å². The molecule has 0 fully saturated rings. The van der Waals surface area contributed by atoms with E-state index in [1.807, 2.05) is 42.5 Å². The molecule has 0 saturated heterocycles. The molecule has 0 unspecified atom stereocenters. The summed E-state index contributed by atoms with van der Waals surface area (Å²) in [5, 5.41) is 5.83. The predicted molar refractivity (Wildman–Crippen MR) is 125 cm³/mol. The van der Waals surface area contributed by atoms with Crippen LogP contribution in [0.4, 0.5) is 0 Å². The van der Waals surface area contributed by atoms with Gasteiger partial charge >= 0.3 is 0 Å². The molecule has 0 amide bonds. The maximum atomic E-state index is 6.44. The summed E-state index contributed by atoms with van der Waals surface area (Å²) in [7, 11) is 0. The van der Waals surface area contributed by atoms with Crippen LogP contribution in [0.25, 0.3) is 64.7 Å². The summed E-state index contributed by atoms with van der Waals surface area (Å²) in [4.78, 5) is 4.92. The molecule has 5 heteroatoms. The smallest absolute Gasteiger partial charge is 0.137 e. The van der Waals surface area contributed by atoms with Crippen LogP contribution < -0.4 is 0 Å². The van der Waals surface area contributed by atoms with Crippen LogP contribution in [0.2, 0.25) is 5.02 Å². The first-order valence-corrected chi connectivity index (χ1v) is 10.8. The number of hydrogen-bond donors (Lipinski definition) is 0. The third-order valence-corrected chi connectivity index (χ3v) is 6.96. The van der Waals surface area contributed by atoms with Crippen molar-refractivity contribution in [2.45, 2.75) is 0 Å². The number of halogens is 1. The van der Waals surface area contributed by atoms with Crippen molar-refractivity contribution in [3.05, 3.63) is 77.8 Å². The Morgan fingerprint density at radius 1 is 0.700 bits per heavy atom. The summed E-state index contributed by atoms with van der Waals surface area (Å²) < 4.78 is 13.1. The van der Waals surface area contributed by atoms with Crippen LogP contribution in [0.5, 0.6) is 0 Å². The number of benzene rings is 4. The van der Waals surface area contributed by atoms with Gasteiger partial charge in [0.1, 0.15) is 27.3 Å². The monoisotopic (exact) mass is 425 g/mol. The normalized spacial score (nSPS) is 12.2. The highest BCUT2D eigenvalue weighted by molar-refractivity contribution is 7.21. The molecule has 7 aromatic rings. The molecular formula is C25H12ClNO2S. The fraction of sp³-hybridized carbons (Fsp3) is 0. The van der Waals surface area contributed by atoms with Gasteiger partial charge in [0.15, 0.2) is 0 Å². The van der Waals surface area contributed by atoms with Gasteiger partial charge in [-0.3, -0.25) is 0 Å². The van der Waals surface area contributed by atoms with E-state index < -0.39 is 0 Å². The second-order valence-corrected chi connectivity index (χ2v) is 8.80. The van der Waals surface area contributed by atoms with Gasteiger partial charge in [0.25, 0.3) is 0 Å². The third-order valence-electron chi connectivity index (χ3n) is 5.58. The molecule has 0 atom stereocenters. The largest absolute Gasteiger partial charge is 0.456 e. The molecule has 3 nitrogen and oxygen atoms in total. The van der Waals surface area contributed by atoms with E-state index in [4.69, 9.17) is 25.4 Å². The Balaban J connectivity index is 1.46. The third kappa shape index (κ3) is 2.23. The summed E-state index contributed by atoms with van der Waals surface area (Å²) in [5.74, 6) is 0. The van der Waals surface area contributed by atoms with Crippen LogP contribution in [0, 0.1) is 0 Å². The first-order valence-electron chi connectivity index (χ1n) is 9.58. The van der Waals surface area contributed by atoms with Crippen molar-refractivity contribution < 1.29 is 8.83 Å². The highest BCUT2D eigenvalue weighted by Crippen LogP contribution is 2.40. The van der Waals surface area contributed by atoms with Gasteiger partial charge in [0.2, 0.25) is 0 Å². The molecule has 0 aliphatic carbocycles. The first kappa shape index (κ1) is 16.5. The van der Waals surface area contributed by atoms with Gasteiger partial charge in [-0.1, -0.05) is 35.9 Å². The van der Waals surface area contributed by atoms with Crippen LogP contribution in [0.15, 0.2) is 81.6 Å². The number of aromatic nitrogens is 1. The second-order valence-electron chi connectivity index (χ2n) is 7.36. The lowest BCUT2D eigenvalue weighted by Crippen LogP contribution is -1.76. The zero-order chi connectivity index (χ0) is 19.8. The van der Waals surface area contributed by atoms with E-state index in [0.717, 1.165) is 64.7 Å². The molecule has 3 aromatic heterocycles. The van der Waals surface area contributed by atoms with E-state index in [1.54, 1.807) is 11.3 Å². The molecule has 4 aromatic carbocycles. The number of rotatable bonds is 1. The highest BCUT2D eigenvalue weighted by Gasteiger charge is 2.15. The lowest BCUT2D eigenvalue weighted by Gasteiger charge is -1.96. The Hall–Kier alpha value is -3.34. The van der Waals surface area contributed by atoms with Gasteiger partial charge in [0, 0.05) is 33.2 Å². The Morgan fingerprint density at radius 3 is 2.50 bits per heavy atom. The Bertz CT molecular complexity index is 1770. The number of furan rings is 2. The maximum Gasteiger partial charge on any atom is 0.137 e. The molecule has 0 N–H and O–H groups in total. The van der Waals surface area contributed by atoms with E-state index >= 15 is 0 Å². The molecular weight excluding hydrogens is 414 g/mol. The minimum absolute atomic E-state index is 0.693. The van der Waals surface area contributed by atoms with Crippen LogP contribution >= 0.6 is 22.9 Å². The fourth-order valence-electron chi connectivity index (χ4n) is 4.19. The molecule has 0 aliphatic heterocycles. The van der Waals surface area contributed by atoms with Crippen molar-refractivity contribution in [2.24, 2.45) is 0 Å². The van der Waals surface area contributed by atoms with E-state index in [1.165, 1.54) is 0 Å². The quantitative estimate of drug-likeness (QED) is 0.265. The van der Waals surface area contributed by atoms with Gasteiger partial charge in [-0.2, -0.15) is 0 Å². The summed E-state index contributed by atoms with van der Waals surface area (Å²) >= 11 is 8.10. The molecule has 0 aliphatic rings. The first-order chi connectivity index (χ1) is 14.7. The van der Waals surface area contributed by atoms with Crippen LogP contribution in [-0.2, 0) is 0 Å². The number of fused-ring (bicyclic) bond motifs is 7. The average molecular weight is 426 g/mol. The SMILES string of the molecule is Clc1cccc2oc3cc4sc(-c5ccc6oc7ccccc7c6c5)nc4cc3c12. The molecule has 30 heavy (non-hydrogen) atoms. The predicted octanol–water partition coefficient (Wildman–Crippen LogP) is 8.42. The minimum atomic E-state index is 0.693. The zero-order valence-electron chi connectivity index (χ0n) is 15.5. The Morgan fingerprint density at radius 2 is 1.53 bits per heavy atom. The summed E-state index contributed by atoms with van der Waals surface area (Å²) in [6, 6.07) is 24.2. The Kier molecular flexibility index (Phi) is 3.21. The van der Waals surface area contributed by atoms with Crippen molar-refractivity contribution in [1.82, 2.24) is 4.98 Å². The van der Waals surface area contributed by atoms with Gasteiger partial charge in [-0.25, -0.2) is 4.98 Å². The van der Waals surface area contributed by atoms with Gasteiger partial charge in [-0.15, -0.1) is 11.3 Å². The molecule has 0 saturated carbocycles. The lowest BCUT2D eigenvalue weighted by atomic mass is 10.1. The molecule has 0 bridgehead atoms. The summed E-state index contributed by atoms with van der Waals surface area (Å²) in [5.41, 5.74) is 5.44. The molecule has 0 radical (unpaired) electrons. The maximum absolute atomic E-state index is 6.44. The van der Waals surface area contributed by atoms with Crippen molar-refractivity contribution >= 4 is 77.0 Å². The van der Waals surface area contributed by atoms with Crippen LogP contribution in [0.1, 0.15) is 0 Å². The summed E-state index contributed by atoms with van der Waals surface area (Å²) in [6.45, 7) is 0. The average Bonchev–Trinajstić information content (AvgIpc) is 3.44. The molecule has 142 valence electrons. The fourth-order valence-corrected chi connectivity index (χ4v) is 5.43. The number of thiazole rings is 1. The molecule has 0 spiro atoms. The lowest BCUT2D eigenvalue weighted by molar-refractivity contribution is 0.669. The molecule has 3 heterocycles. The van der Waals surface area contributed by atoms with Crippen LogP contribution in [0.3, 0.4) is 0 Å². The number of hydrogen-bond acceptors (Lipinski definition) is 4. The number of nitrogens with zero attached hydrogens (tertiary/aromatic N) is 1. The van der Waals surface area contributed by atoms with E-state index in [2.05, 4.69) is 30.3 Å². The van der Waals surface area contributed by atoms with Crippen molar-refractivity contribution in [1.29, 1.82) is 0 Å². The van der Waals surface area contributed by atoms with Crippen molar-refractivity contribution in [3.63, 3.8) is 0 Å². The van der Waals surface area contributed by atoms with E-state index in [0.29, 0.717) is 5.02 Å². The Labute approximate surface area is 179 Å². The zero-order valence-corrected chi connectivity index (χ0v) is 17.1. The van der Waals surface area contributed by atoms with Crippen molar-refractivity contribution in [3.8, 4) is 10.6 Å². The number of para-hydroxylation sites is 1. The second kappa shape index (κ2) is 5.85. The molecule has 7 rings (SSSR count). The van der Waals surface area contributed by atoms with E-state index in [9.17, 15) is 0 Å². The van der Waals surface area contributed by atoms with Gasteiger partial charge in [-0.05, 0) is 42.5 Å². The summed E-state index contributed by atoms with van der Waals surface area (Å²) in [6.07, 6.45) is 0. The van der Waals surface area contributed by atoms with E-state index in [-0.39, 0.29) is 0 Å². The highest BCUT2D eigenvalue weighted by atomic mass is 35.5. The van der Waals surface area contributed by atoms with Crippen molar-refractivity contribution in [2.75, 3.05) is 0 Å². The van der Waals surface area contributed by atoms with Gasteiger partial charge in [0.05, 0.1) is 15.2 Å².